The summed E-state index contributed by atoms with van der Waals surface area (Å²) in [5, 5.41) is 0. The van der Waals surface area contributed by atoms with Gasteiger partial charge in [-0.2, -0.15) is 0 Å². The zero-order valence-electron chi connectivity index (χ0n) is 20.3. The first-order chi connectivity index (χ1) is 14.9. The van der Waals surface area contributed by atoms with Crippen LogP contribution in [0.2, 0.25) is 0 Å². The van der Waals surface area contributed by atoms with Crippen molar-refractivity contribution in [3.63, 3.8) is 0 Å². The minimum Gasteiger partial charge on any atom is -0.282 e. The van der Waals surface area contributed by atoms with E-state index in [1.165, 1.54) is 141 Å². The average molecular weight is 417 g/mol. The lowest BCUT2D eigenvalue weighted by atomic mass is 9.85. The number of nitrogens with zero attached hydrogens (tertiary/aromatic N) is 2. The summed E-state index contributed by atoms with van der Waals surface area (Å²) in [5.74, 6) is 0. The summed E-state index contributed by atoms with van der Waals surface area (Å²) in [4.78, 5) is 6.43. The van der Waals surface area contributed by atoms with Crippen molar-refractivity contribution in [1.29, 1.82) is 0 Å². The number of rotatable bonds is 8. The molecule has 4 rings (SSSR count). The van der Waals surface area contributed by atoms with Crippen LogP contribution >= 0.6 is 0 Å². The van der Waals surface area contributed by atoms with E-state index in [2.05, 4.69) is 16.7 Å². The van der Waals surface area contributed by atoms with E-state index in [0.717, 1.165) is 30.3 Å². The number of hydrogen-bond acceptors (Lipinski definition) is 2. The molecule has 4 aliphatic rings. The van der Waals surface area contributed by atoms with Crippen LogP contribution in [0.25, 0.3) is 0 Å². The van der Waals surface area contributed by atoms with Gasteiger partial charge in [-0.15, -0.1) is 0 Å². The molecule has 0 unspecified atom stereocenters. The van der Waals surface area contributed by atoms with Crippen LogP contribution in [-0.2, 0) is 0 Å². The molecule has 0 bridgehead atoms. The first kappa shape index (κ1) is 23.1. The highest BCUT2D eigenvalue weighted by atomic mass is 15.4. The molecule has 0 spiro atoms. The lowest BCUT2D eigenvalue weighted by molar-refractivity contribution is -0.0910. The molecule has 2 nitrogen and oxygen atoms in total. The van der Waals surface area contributed by atoms with Gasteiger partial charge in [0.15, 0.2) is 0 Å². The van der Waals surface area contributed by atoms with Crippen molar-refractivity contribution in [3.8, 4) is 0 Å². The second-order valence-electron chi connectivity index (χ2n) is 11.3. The average Bonchev–Trinajstić information content (AvgIpc) is 2.82. The Hall–Kier alpha value is -0.0800. The van der Waals surface area contributed by atoms with Gasteiger partial charge in [0, 0.05) is 24.2 Å². The van der Waals surface area contributed by atoms with E-state index in [1.54, 1.807) is 0 Å². The van der Waals surface area contributed by atoms with Gasteiger partial charge in [0.2, 0.25) is 0 Å². The molecule has 0 saturated heterocycles. The molecule has 0 aromatic carbocycles. The van der Waals surface area contributed by atoms with Crippen molar-refractivity contribution < 1.29 is 0 Å². The van der Waals surface area contributed by atoms with Crippen LogP contribution in [0.15, 0.2) is 0 Å². The van der Waals surface area contributed by atoms with Gasteiger partial charge >= 0.3 is 0 Å². The molecule has 174 valence electrons. The summed E-state index contributed by atoms with van der Waals surface area (Å²) in [7, 11) is 0. The predicted octanol–water partition coefficient (Wildman–Crippen LogP) is 8.05. The van der Waals surface area contributed by atoms with Crippen molar-refractivity contribution in [1.82, 2.24) is 9.80 Å². The predicted molar refractivity (Wildman–Crippen MR) is 130 cm³/mol. The molecule has 0 aromatic heterocycles. The highest BCUT2D eigenvalue weighted by Gasteiger charge is 2.41. The SMILES string of the molecule is CCCC(N(C1CCCCC1)C1CCCCC1)N(C1CCCCC1)C1CCCCC1. The van der Waals surface area contributed by atoms with Crippen LogP contribution in [0.5, 0.6) is 0 Å². The van der Waals surface area contributed by atoms with Gasteiger partial charge in [-0.05, 0) is 57.8 Å². The molecule has 0 aliphatic heterocycles. The lowest BCUT2D eigenvalue weighted by Gasteiger charge is -2.54. The quantitative estimate of drug-likeness (QED) is 0.369. The van der Waals surface area contributed by atoms with E-state index in [0.29, 0.717) is 0 Å². The smallest absolute Gasteiger partial charge is 0.0632 e. The Morgan fingerprint density at radius 1 is 0.467 bits per heavy atom. The Balaban J connectivity index is 1.63. The van der Waals surface area contributed by atoms with Crippen LogP contribution < -0.4 is 0 Å². The maximum Gasteiger partial charge on any atom is 0.0632 e. The summed E-state index contributed by atoms with van der Waals surface area (Å²) in [6, 6.07) is 3.53. The molecular weight excluding hydrogens is 364 g/mol. The van der Waals surface area contributed by atoms with E-state index in [4.69, 9.17) is 0 Å². The van der Waals surface area contributed by atoms with Crippen LogP contribution in [-0.4, -0.2) is 40.1 Å². The molecule has 0 N–H and O–H groups in total. The molecule has 0 heterocycles. The molecule has 0 radical (unpaired) electrons. The second kappa shape index (κ2) is 12.2. The fraction of sp³-hybridized carbons (Fsp3) is 1.00. The largest absolute Gasteiger partial charge is 0.282 e. The van der Waals surface area contributed by atoms with Crippen molar-refractivity contribution in [2.45, 2.75) is 179 Å². The topological polar surface area (TPSA) is 6.48 Å². The summed E-state index contributed by atoms with van der Waals surface area (Å²) in [6.45, 7) is 2.47. The first-order valence-corrected chi connectivity index (χ1v) is 14.4. The summed E-state index contributed by atoms with van der Waals surface area (Å²) < 4.78 is 0. The summed E-state index contributed by atoms with van der Waals surface area (Å²) in [5.41, 5.74) is 0. The highest BCUT2D eigenvalue weighted by molar-refractivity contribution is 4.94. The van der Waals surface area contributed by atoms with Gasteiger partial charge in [-0.25, -0.2) is 0 Å². The van der Waals surface area contributed by atoms with Gasteiger partial charge in [0.05, 0.1) is 6.17 Å². The molecule has 0 amide bonds. The highest BCUT2D eigenvalue weighted by Crippen LogP contribution is 2.39. The molecule has 30 heavy (non-hydrogen) atoms. The fourth-order valence-corrected chi connectivity index (χ4v) is 7.80. The van der Waals surface area contributed by atoms with Crippen LogP contribution in [0.3, 0.4) is 0 Å². The second-order valence-corrected chi connectivity index (χ2v) is 11.3. The Morgan fingerprint density at radius 2 is 0.733 bits per heavy atom. The van der Waals surface area contributed by atoms with Gasteiger partial charge in [0.25, 0.3) is 0 Å². The van der Waals surface area contributed by atoms with E-state index in [1.807, 2.05) is 0 Å². The number of hydrogen-bond donors (Lipinski definition) is 0. The van der Waals surface area contributed by atoms with Crippen molar-refractivity contribution in [3.05, 3.63) is 0 Å². The van der Waals surface area contributed by atoms with E-state index in [-0.39, 0.29) is 0 Å². The maximum atomic E-state index is 3.21. The van der Waals surface area contributed by atoms with Crippen molar-refractivity contribution in [2.75, 3.05) is 0 Å². The first-order valence-electron chi connectivity index (χ1n) is 14.4. The van der Waals surface area contributed by atoms with Gasteiger partial charge in [-0.3, -0.25) is 9.80 Å². The lowest BCUT2D eigenvalue weighted by Crippen LogP contribution is -2.62. The zero-order chi connectivity index (χ0) is 20.6. The third-order valence-corrected chi connectivity index (χ3v) is 9.22. The monoisotopic (exact) mass is 416 g/mol. The van der Waals surface area contributed by atoms with Crippen LogP contribution in [0.1, 0.15) is 148 Å². The van der Waals surface area contributed by atoms with Crippen LogP contribution in [0.4, 0.5) is 0 Å². The van der Waals surface area contributed by atoms with Crippen LogP contribution in [0, 0.1) is 0 Å². The molecule has 2 heteroatoms. The normalized spacial score (nSPS) is 26.8. The van der Waals surface area contributed by atoms with E-state index < -0.39 is 0 Å². The standard InChI is InChI=1S/C28H52N2/c1-2-15-28(29(24-16-7-3-8-17-24)25-18-9-4-10-19-25)30(26-20-11-5-12-21-26)27-22-13-6-14-23-27/h24-28H,2-23H2,1H3. The molecule has 4 saturated carbocycles. The third kappa shape index (κ3) is 5.83. The molecule has 0 aromatic rings. The zero-order valence-corrected chi connectivity index (χ0v) is 20.3. The van der Waals surface area contributed by atoms with Crippen molar-refractivity contribution >= 4 is 0 Å². The molecule has 4 fully saturated rings. The van der Waals surface area contributed by atoms with Gasteiger partial charge in [0.1, 0.15) is 0 Å². The summed E-state index contributed by atoms with van der Waals surface area (Å²) in [6.07, 6.45) is 33.2. The fourth-order valence-electron chi connectivity index (χ4n) is 7.80. The third-order valence-electron chi connectivity index (χ3n) is 9.22. The molecular formula is C28H52N2. The van der Waals surface area contributed by atoms with Gasteiger partial charge < -0.3 is 0 Å². The Bertz CT molecular complexity index is 377. The summed E-state index contributed by atoms with van der Waals surface area (Å²) >= 11 is 0. The van der Waals surface area contributed by atoms with Gasteiger partial charge in [-0.1, -0.05) is 90.4 Å². The van der Waals surface area contributed by atoms with Crippen molar-refractivity contribution in [2.24, 2.45) is 0 Å². The maximum absolute atomic E-state index is 3.21. The van der Waals surface area contributed by atoms with E-state index in [9.17, 15) is 0 Å². The molecule has 0 atom stereocenters. The Labute approximate surface area is 188 Å². The Kier molecular flexibility index (Phi) is 9.42. The molecule has 4 aliphatic carbocycles. The minimum absolute atomic E-state index is 0.743. The van der Waals surface area contributed by atoms with E-state index >= 15 is 0 Å². The minimum atomic E-state index is 0.743. The Morgan fingerprint density at radius 3 is 0.967 bits per heavy atom.